The van der Waals surface area contributed by atoms with Crippen molar-refractivity contribution in [2.24, 2.45) is 5.92 Å². The molecule has 1 fully saturated rings. The Morgan fingerprint density at radius 3 is 2.38 bits per heavy atom. The number of nitrogens with zero attached hydrogens (tertiary/aromatic N) is 2. The average molecular weight is 543 g/mol. The van der Waals surface area contributed by atoms with Crippen molar-refractivity contribution >= 4 is 63.3 Å². The van der Waals surface area contributed by atoms with Gasteiger partial charge in [-0.1, -0.05) is 25.1 Å². The van der Waals surface area contributed by atoms with Crippen LogP contribution in [0, 0.1) is 5.92 Å². The molecule has 2 heterocycles. The molecule has 0 bridgehead atoms. The number of ether oxygens (including phenoxy) is 1. The van der Waals surface area contributed by atoms with Gasteiger partial charge in [-0.05, 0) is 85.0 Å². The predicted octanol–water partition coefficient (Wildman–Crippen LogP) is 7.09. The van der Waals surface area contributed by atoms with Crippen molar-refractivity contribution in [1.29, 1.82) is 0 Å². The van der Waals surface area contributed by atoms with E-state index in [4.69, 9.17) is 9.72 Å². The molecule has 0 unspecified atom stereocenters. The first-order chi connectivity index (χ1) is 17.5. The summed E-state index contributed by atoms with van der Waals surface area (Å²) in [6.45, 7) is 3.72. The standard InChI is InChI=1S/C29H30N2O3S2.Na.H/c1-20-4-12-24(13-5-20)34-25-14-10-22(11-15-25)27-19-36-29(30-27)31(18-26-3-2-16-35-26)17-21-6-8-23(9-7-21)28(32)33;;/h2-3,6-11,14-16,19-20,24H,4-5,12-13,17-18H2,1H3,(H,32,33);;. The summed E-state index contributed by atoms with van der Waals surface area (Å²) in [5.74, 6) is 0.832. The Hall–Kier alpha value is -2.16. The van der Waals surface area contributed by atoms with E-state index < -0.39 is 5.97 Å². The second-order valence-corrected chi connectivity index (χ2v) is 11.3. The maximum atomic E-state index is 11.2. The molecule has 1 aliphatic rings. The van der Waals surface area contributed by atoms with Gasteiger partial charge < -0.3 is 14.7 Å². The molecule has 0 atom stereocenters. The quantitative estimate of drug-likeness (QED) is 0.229. The van der Waals surface area contributed by atoms with Gasteiger partial charge in [-0.2, -0.15) is 0 Å². The van der Waals surface area contributed by atoms with Crippen molar-refractivity contribution in [3.63, 3.8) is 0 Å². The van der Waals surface area contributed by atoms with Gasteiger partial charge in [-0.15, -0.1) is 22.7 Å². The fourth-order valence-electron chi connectivity index (χ4n) is 4.54. The van der Waals surface area contributed by atoms with E-state index in [1.807, 2.05) is 12.1 Å². The fourth-order valence-corrected chi connectivity index (χ4v) is 6.10. The molecule has 4 aromatic rings. The van der Waals surface area contributed by atoms with Gasteiger partial charge in [0.05, 0.1) is 23.9 Å². The van der Waals surface area contributed by atoms with Crippen LogP contribution >= 0.6 is 22.7 Å². The zero-order valence-corrected chi connectivity index (χ0v) is 21.9. The van der Waals surface area contributed by atoms with Crippen LogP contribution in [-0.2, 0) is 13.1 Å². The number of carbonyl (C=O) groups is 1. The number of carboxylic acids is 1. The van der Waals surface area contributed by atoms with Crippen molar-refractivity contribution in [3.8, 4) is 17.0 Å². The van der Waals surface area contributed by atoms with E-state index in [1.54, 1.807) is 34.8 Å². The first-order valence-electron chi connectivity index (χ1n) is 12.4. The number of rotatable bonds is 9. The minimum atomic E-state index is -0.911. The molecule has 1 aliphatic carbocycles. The van der Waals surface area contributed by atoms with Crippen LogP contribution in [0.4, 0.5) is 5.13 Å². The number of benzene rings is 2. The molecule has 2 aromatic heterocycles. The van der Waals surface area contributed by atoms with Gasteiger partial charge in [0, 0.05) is 22.4 Å². The van der Waals surface area contributed by atoms with E-state index in [0.717, 1.165) is 53.0 Å². The summed E-state index contributed by atoms with van der Waals surface area (Å²) in [5, 5.41) is 14.3. The Morgan fingerprint density at radius 1 is 1.00 bits per heavy atom. The average Bonchev–Trinajstić information content (AvgIpc) is 3.59. The summed E-state index contributed by atoms with van der Waals surface area (Å²) >= 11 is 3.35. The molecule has 8 heteroatoms. The summed E-state index contributed by atoms with van der Waals surface area (Å²) in [5.41, 5.74) is 3.37. The maximum absolute atomic E-state index is 11.2. The van der Waals surface area contributed by atoms with E-state index in [0.29, 0.717) is 18.2 Å². The molecule has 37 heavy (non-hydrogen) atoms. The Kier molecular flexibility index (Phi) is 9.84. The molecule has 0 amide bonds. The van der Waals surface area contributed by atoms with E-state index in [1.165, 1.54) is 17.7 Å². The Balaban J connectivity index is 0.00000320. The van der Waals surface area contributed by atoms with Gasteiger partial charge in [-0.3, -0.25) is 0 Å². The summed E-state index contributed by atoms with van der Waals surface area (Å²) in [4.78, 5) is 19.7. The van der Waals surface area contributed by atoms with Crippen molar-refractivity contribution in [2.45, 2.75) is 51.8 Å². The molecule has 188 valence electrons. The number of aromatic nitrogens is 1. The number of carboxylic acid groups (broad SMARTS) is 1. The molecule has 0 aliphatic heterocycles. The molecular formula is C29H31N2NaO3S2. The van der Waals surface area contributed by atoms with E-state index in [9.17, 15) is 9.90 Å². The van der Waals surface area contributed by atoms with Gasteiger partial charge in [0.1, 0.15) is 5.75 Å². The number of thiophene rings is 1. The third-order valence-electron chi connectivity index (χ3n) is 6.68. The number of aromatic carboxylic acids is 1. The van der Waals surface area contributed by atoms with Crippen LogP contribution in [0.15, 0.2) is 71.4 Å². The Labute approximate surface area is 248 Å². The summed E-state index contributed by atoms with van der Waals surface area (Å²) in [6, 6.07) is 19.6. The molecule has 5 nitrogen and oxygen atoms in total. The van der Waals surface area contributed by atoms with Crippen LogP contribution in [0.5, 0.6) is 5.75 Å². The van der Waals surface area contributed by atoms with Crippen molar-refractivity contribution < 1.29 is 14.6 Å². The number of hydrogen-bond donors (Lipinski definition) is 1. The van der Waals surface area contributed by atoms with Crippen LogP contribution in [0.3, 0.4) is 0 Å². The van der Waals surface area contributed by atoms with Gasteiger partial charge in [0.15, 0.2) is 5.13 Å². The normalized spacial score (nSPS) is 17.1. The summed E-state index contributed by atoms with van der Waals surface area (Å²) < 4.78 is 6.22. The first-order valence-corrected chi connectivity index (χ1v) is 14.1. The SMILES string of the molecule is CC1CCC(Oc2ccc(-c3csc(N(Cc4ccc(C(=O)O)cc4)Cc4cccs4)n3)cc2)CC1.[NaH]. The minimum absolute atomic E-state index is 0. The van der Waals surface area contributed by atoms with Crippen molar-refractivity contribution in [2.75, 3.05) is 4.90 Å². The van der Waals surface area contributed by atoms with Gasteiger partial charge in [0.25, 0.3) is 0 Å². The van der Waals surface area contributed by atoms with Crippen molar-refractivity contribution in [1.82, 2.24) is 4.98 Å². The zero-order chi connectivity index (χ0) is 24.9. The molecule has 0 spiro atoms. The van der Waals surface area contributed by atoms with E-state index >= 15 is 0 Å². The zero-order valence-electron chi connectivity index (χ0n) is 20.3. The van der Waals surface area contributed by atoms with Crippen LogP contribution in [0.2, 0.25) is 0 Å². The van der Waals surface area contributed by atoms with Crippen LogP contribution < -0.4 is 9.64 Å². The Bertz CT molecular complexity index is 1270. The molecule has 1 N–H and O–H groups in total. The number of anilines is 1. The first kappa shape index (κ1) is 27.9. The molecule has 1 saturated carbocycles. The molecule has 5 rings (SSSR count). The fraction of sp³-hybridized carbons (Fsp3) is 0.310. The molecular weight excluding hydrogens is 511 g/mol. The van der Waals surface area contributed by atoms with Gasteiger partial charge in [0.2, 0.25) is 0 Å². The van der Waals surface area contributed by atoms with E-state index in [2.05, 4.69) is 59.0 Å². The molecule has 2 aromatic carbocycles. The molecule has 0 radical (unpaired) electrons. The predicted molar refractivity (Wildman–Crippen MR) is 154 cm³/mol. The molecule has 0 saturated heterocycles. The van der Waals surface area contributed by atoms with Crippen LogP contribution in [-0.4, -0.2) is 51.7 Å². The number of thiazole rings is 1. The Morgan fingerprint density at radius 2 is 1.73 bits per heavy atom. The van der Waals surface area contributed by atoms with Gasteiger partial charge >= 0.3 is 35.5 Å². The van der Waals surface area contributed by atoms with Gasteiger partial charge in [-0.25, -0.2) is 9.78 Å². The topological polar surface area (TPSA) is 62.7 Å². The monoisotopic (exact) mass is 542 g/mol. The van der Waals surface area contributed by atoms with Crippen LogP contribution in [0.1, 0.15) is 53.4 Å². The second kappa shape index (κ2) is 13.1. The van der Waals surface area contributed by atoms with Crippen molar-refractivity contribution in [3.05, 3.63) is 87.4 Å². The summed E-state index contributed by atoms with van der Waals surface area (Å²) in [6.07, 6.45) is 5.09. The third-order valence-corrected chi connectivity index (χ3v) is 8.44. The third kappa shape index (κ3) is 7.45. The second-order valence-electron chi connectivity index (χ2n) is 9.48. The van der Waals surface area contributed by atoms with E-state index in [-0.39, 0.29) is 29.6 Å². The summed E-state index contributed by atoms with van der Waals surface area (Å²) in [7, 11) is 0. The van der Waals surface area contributed by atoms with Crippen LogP contribution in [0.25, 0.3) is 11.3 Å². The number of hydrogen-bond acceptors (Lipinski definition) is 6.